The summed E-state index contributed by atoms with van der Waals surface area (Å²) in [6.07, 6.45) is 1.96. The van der Waals surface area contributed by atoms with Crippen molar-refractivity contribution in [2.45, 2.75) is 6.17 Å². The summed E-state index contributed by atoms with van der Waals surface area (Å²) in [7, 11) is 0. The summed E-state index contributed by atoms with van der Waals surface area (Å²) in [6.45, 7) is 0. The summed E-state index contributed by atoms with van der Waals surface area (Å²) >= 11 is 1.76. The van der Waals surface area contributed by atoms with E-state index in [4.69, 9.17) is 9.98 Å². The second-order valence-electron chi connectivity index (χ2n) is 10.7. The Morgan fingerprint density at radius 2 is 1.19 bits per heavy atom. The molecule has 7 aromatic rings. The van der Waals surface area contributed by atoms with E-state index in [9.17, 15) is 0 Å². The Morgan fingerprint density at radius 1 is 0.558 bits per heavy atom. The monoisotopic (exact) mass is 569 g/mol. The molecule has 1 aliphatic rings. The number of benzene rings is 6. The molecule has 0 spiro atoms. The number of nitrogens with one attached hydrogen (secondary N) is 1. The van der Waals surface area contributed by atoms with E-state index < -0.39 is 0 Å². The van der Waals surface area contributed by atoms with Gasteiger partial charge in [-0.25, -0.2) is 4.98 Å². The van der Waals surface area contributed by atoms with Crippen LogP contribution < -0.4 is 5.32 Å². The van der Waals surface area contributed by atoms with E-state index >= 15 is 0 Å². The number of aromatic nitrogens is 1. The van der Waals surface area contributed by atoms with Crippen LogP contribution in [-0.2, 0) is 0 Å². The largest absolute Gasteiger partial charge is 0.360 e. The number of hydrogen-bond acceptors (Lipinski definition) is 4. The predicted molar refractivity (Wildman–Crippen MR) is 181 cm³/mol. The second kappa shape index (κ2) is 10.8. The highest BCUT2D eigenvalue weighted by molar-refractivity contribution is 7.22. The van der Waals surface area contributed by atoms with Crippen molar-refractivity contribution >= 4 is 43.7 Å². The van der Waals surface area contributed by atoms with Crippen LogP contribution in [0.2, 0.25) is 0 Å². The Morgan fingerprint density at radius 3 is 1.91 bits per heavy atom. The Kier molecular flexibility index (Phi) is 6.39. The maximum atomic E-state index is 5.13. The van der Waals surface area contributed by atoms with Gasteiger partial charge in [0.25, 0.3) is 0 Å². The van der Waals surface area contributed by atoms with Crippen molar-refractivity contribution in [1.82, 2.24) is 10.3 Å². The van der Waals surface area contributed by atoms with Gasteiger partial charge in [0, 0.05) is 16.6 Å². The molecule has 0 amide bonds. The molecule has 204 valence electrons. The second-order valence-corrected chi connectivity index (χ2v) is 11.7. The molecule has 0 saturated heterocycles. The number of aliphatic imine (C=N–C) groups is 1. The van der Waals surface area contributed by atoms with Gasteiger partial charge in [-0.15, -0.1) is 11.3 Å². The van der Waals surface area contributed by atoms with E-state index in [1.54, 1.807) is 11.3 Å². The summed E-state index contributed by atoms with van der Waals surface area (Å²) in [6, 6.07) is 51.1. The summed E-state index contributed by atoms with van der Waals surface area (Å²) < 4.78 is 1.23. The molecule has 1 aliphatic heterocycles. The number of thiazole rings is 1. The molecule has 0 saturated carbocycles. The highest BCUT2D eigenvalue weighted by Crippen LogP contribution is 2.37. The Balaban J connectivity index is 1.14. The van der Waals surface area contributed by atoms with Crippen LogP contribution in [0.3, 0.4) is 0 Å². The molecule has 2 heterocycles. The van der Waals surface area contributed by atoms with Crippen molar-refractivity contribution in [1.29, 1.82) is 0 Å². The first-order valence-corrected chi connectivity index (χ1v) is 15.3. The molecule has 4 heteroatoms. The van der Waals surface area contributed by atoms with Crippen LogP contribution in [0.5, 0.6) is 0 Å². The molecule has 1 atom stereocenters. The first-order valence-electron chi connectivity index (χ1n) is 14.4. The highest BCUT2D eigenvalue weighted by atomic mass is 32.1. The van der Waals surface area contributed by atoms with Crippen LogP contribution in [0, 0.1) is 0 Å². The van der Waals surface area contributed by atoms with Crippen LogP contribution in [-0.4, -0.2) is 10.7 Å². The molecular formula is C39H27N3S. The minimum atomic E-state index is -0.186. The van der Waals surface area contributed by atoms with E-state index in [0.29, 0.717) is 0 Å². The van der Waals surface area contributed by atoms with Crippen LogP contribution in [0.15, 0.2) is 157 Å². The van der Waals surface area contributed by atoms with Crippen molar-refractivity contribution < 1.29 is 0 Å². The molecule has 3 nitrogen and oxygen atoms in total. The van der Waals surface area contributed by atoms with E-state index in [1.165, 1.54) is 26.6 Å². The van der Waals surface area contributed by atoms with E-state index in [2.05, 4.69) is 139 Å². The van der Waals surface area contributed by atoms with E-state index in [-0.39, 0.29) is 6.17 Å². The summed E-state index contributed by atoms with van der Waals surface area (Å²) in [5, 5.41) is 7.19. The lowest BCUT2D eigenvalue weighted by atomic mass is 9.98. The molecule has 1 unspecified atom stereocenters. The van der Waals surface area contributed by atoms with Crippen LogP contribution >= 0.6 is 11.3 Å². The van der Waals surface area contributed by atoms with Crippen molar-refractivity contribution in [2.75, 3.05) is 0 Å². The third-order valence-electron chi connectivity index (χ3n) is 7.95. The normalized spacial score (nSPS) is 14.7. The number of hydrogen-bond donors (Lipinski definition) is 1. The topological polar surface area (TPSA) is 37.3 Å². The fourth-order valence-corrected chi connectivity index (χ4v) is 6.79. The van der Waals surface area contributed by atoms with Gasteiger partial charge in [-0.05, 0) is 51.4 Å². The molecule has 0 bridgehead atoms. The number of allylic oxidation sites excluding steroid dienone is 1. The minimum absolute atomic E-state index is 0.186. The molecule has 1 N–H and O–H groups in total. The third-order valence-corrected chi connectivity index (χ3v) is 9.10. The number of fused-ring (bicyclic) bond motifs is 3. The minimum Gasteiger partial charge on any atom is -0.360 e. The smallest absolute Gasteiger partial charge is 0.145 e. The fraction of sp³-hybridized carbons (Fsp3) is 0.0256. The van der Waals surface area contributed by atoms with Crippen molar-refractivity contribution in [3.05, 3.63) is 168 Å². The molecule has 6 aromatic carbocycles. The van der Waals surface area contributed by atoms with E-state index in [0.717, 1.165) is 44.2 Å². The van der Waals surface area contributed by atoms with Gasteiger partial charge in [-0.3, -0.25) is 4.99 Å². The lowest BCUT2D eigenvalue weighted by Gasteiger charge is -2.25. The molecule has 43 heavy (non-hydrogen) atoms. The predicted octanol–water partition coefficient (Wildman–Crippen LogP) is 9.92. The maximum absolute atomic E-state index is 5.13. The van der Waals surface area contributed by atoms with Gasteiger partial charge in [-0.2, -0.15) is 0 Å². The fourth-order valence-electron chi connectivity index (χ4n) is 5.69. The van der Waals surface area contributed by atoms with Gasteiger partial charge in [-0.1, -0.05) is 133 Å². The molecule has 0 fully saturated rings. The van der Waals surface area contributed by atoms with Gasteiger partial charge < -0.3 is 5.32 Å². The van der Waals surface area contributed by atoms with Crippen molar-refractivity contribution in [2.24, 2.45) is 4.99 Å². The van der Waals surface area contributed by atoms with Gasteiger partial charge in [0.15, 0.2) is 0 Å². The lowest BCUT2D eigenvalue weighted by Crippen LogP contribution is -2.24. The molecular weight excluding hydrogens is 543 g/mol. The summed E-state index contributed by atoms with van der Waals surface area (Å²) in [5.74, 6) is 0. The average molecular weight is 570 g/mol. The number of rotatable bonds is 5. The Bertz CT molecular complexity index is 2130. The zero-order valence-electron chi connectivity index (χ0n) is 23.3. The SMILES string of the molecule is C1=C(c2ccccc2)NC(c2ccc(-c3ccc4ccc5nc(-c6ccccc6)sc5c4c3)cc2)N=C1c1ccccc1. The van der Waals surface area contributed by atoms with Crippen molar-refractivity contribution in [3.63, 3.8) is 0 Å². The van der Waals surface area contributed by atoms with Crippen molar-refractivity contribution in [3.8, 4) is 21.7 Å². The lowest BCUT2D eigenvalue weighted by molar-refractivity contribution is 0.664. The summed E-state index contributed by atoms with van der Waals surface area (Å²) in [4.78, 5) is 10.1. The average Bonchev–Trinajstić information content (AvgIpc) is 3.54. The first-order chi connectivity index (χ1) is 21.3. The van der Waals surface area contributed by atoms with Gasteiger partial charge in [0.1, 0.15) is 11.2 Å². The van der Waals surface area contributed by atoms with Gasteiger partial charge in [0.05, 0.1) is 15.9 Å². The molecule has 1 aromatic heterocycles. The molecule has 0 aliphatic carbocycles. The van der Waals surface area contributed by atoms with Gasteiger partial charge >= 0.3 is 0 Å². The molecule has 0 radical (unpaired) electrons. The molecule has 8 rings (SSSR count). The highest BCUT2D eigenvalue weighted by Gasteiger charge is 2.19. The third kappa shape index (κ3) is 4.92. The quantitative estimate of drug-likeness (QED) is 0.224. The maximum Gasteiger partial charge on any atom is 0.145 e. The zero-order chi connectivity index (χ0) is 28.6. The standard InChI is InChI=1S/C39H27N3S/c1-4-10-28(11-5-1)35-25-36(29-12-6-2-7-13-29)41-38(40-35)30-19-16-26(17-20-30)32-21-18-27-22-23-34-37(33(27)24-32)43-39(42-34)31-14-8-3-9-15-31/h1-25,38,40H. The zero-order valence-corrected chi connectivity index (χ0v) is 24.1. The summed E-state index contributed by atoms with van der Waals surface area (Å²) in [5.41, 5.74) is 10.00. The van der Waals surface area contributed by atoms with Crippen LogP contribution in [0.25, 0.3) is 48.4 Å². The van der Waals surface area contributed by atoms with Crippen LogP contribution in [0.4, 0.5) is 0 Å². The van der Waals surface area contributed by atoms with E-state index in [1.807, 2.05) is 18.2 Å². The van der Waals surface area contributed by atoms with Gasteiger partial charge in [0.2, 0.25) is 0 Å². The Labute approximate surface area is 254 Å². The Hall–Kier alpha value is -5.32. The van der Waals surface area contributed by atoms with Crippen LogP contribution in [0.1, 0.15) is 22.9 Å². The number of nitrogens with zero attached hydrogens (tertiary/aromatic N) is 2. The first kappa shape index (κ1) is 25.4.